The molecule has 0 spiro atoms. The summed E-state index contributed by atoms with van der Waals surface area (Å²) in [4.78, 5) is 4.75. The molecule has 4 aromatic carbocycles. The third kappa shape index (κ3) is 6.81. The molecule has 2 atom stereocenters. The SMILES string of the molecule is COc1ccc2nc3cc(Cl)ccc3c(Oc3ccc(CC(CO)NC[C@H](O)COc4ccccc4)cc3)c2c1. The molecule has 5 aromatic rings. The van der Waals surface area contributed by atoms with E-state index >= 15 is 0 Å². The van der Waals surface area contributed by atoms with Crippen LogP contribution in [0, 0.1) is 0 Å². The van der Waals surface area contributed by atoms with Gasteiger partial charge in [-0.2, -0.15) is 0 Å². The molecule has 1 aromatic heterocycles. The highest BCUT2D eigenvalue weighted by Gasteiger charge is 2.15. The minimum atomic E-state index is -0.705. The van der Waals surface area contributed by atoms with Crippen LogP contribution in [0.5, 0.6) is 23.0 Å². The summed E-state index contributed by atoms with van der Waals surface area (Å²) in [5, 5.41) is 25.7. The molecular weight excluding hydrogens is 528 g/mol. The zero-order chi connectivity index (χ0) is 27.9. The summed E-state index contributed by atoms with van der Waals surface area (Å²) >= 11 is 6.24. The molecule has 0 bridgehead atoms. The maximum Gasteiger partial charge on any atom is 0.146 e. The predicted molar refractivity (Wildman–Crippen MR) is 158 cm³/mol. The van der Waals surface area contributed by atoms with Gasteiger partial charge in [0.05, 0.1) is 24.8 Å². The fourth-order valence-corrected chi connectivity index (χ4v) is 4.63. The van der Waals surface area contributed by atoms with Crippen LogP contribution in [0.4, 0.5) is 0 Å². The smallest absolute Gasteiger partial charge is 0.146 e. The summed E-state index contributed by atoms with van der Waals surface area (Å²) < 4.78 is 17.5. The number of hydrogen-bond acceptors (Lipinski definition) is 7. The van der Waals surface area contributed by atoms with E-state index in [0.29, 0.717) is 41.0 Å². The van der Waals surface area contributed by atoms with E-state index in [2.05, 4.69) is 5.32 Å². The van der Waals surface area contributed by atoms with Crippen LogP contribution in [-0.4, -0.2) is 54.2 Å². The van der Waals surface area contributed by atoms with Crippen molar-refractivity contribution in [1.82, 2.24) is 10.3 Å². The molecule has 1 heterocycles. The first-order valence-corrected chi connectivity index (χ1v) is 13.4. The summed E-state index contributed by atoms with van der Waals surface area (Å²) in [6, 6.07) is 28.1. The van der Waals surface area contributed by atoms with E-state index in [4.69, 9.17) is 30.8 Å². The van der Waals surface area contributed by atoms with Crippen molar-refractivity contribution in [2.24, 2.45) is 0 Å². The topological polar surface area (TPSA) is 93.1 Å². The van der Waals surface area contributed by atoms with E-state index < -0.39 is 6.10 Å². The molecule has 8 heteroatoms. The van der Waals surface area contributed by atoms with Crippen molar-refractivity contribution in [3.8, 4) is 23.0 Å². The van der Waals surface area contributed by atoms with Gasteiger partial charge in [0.15, 0.2) is 0 Å². The number of nitrogens with one attached hydrogen (secondary N) is 1. The fourth-order valence-electron chi connectivity index (χ4n) is 4.46. The van der Waals surface area contributed by atoms with E-state index in [1.54, 1.807) is 7.11 Å². The van der Waals surface area contributed by atoms with Crippen molar-refractivity contribution >= 4 is 33.4 Å². The Morgan fingerprint density at radius 2 is 1.62 bits per heavy atom. The van der Waals surface area contributed by atoms with Gasteiger partial charge in [-0.25, -0.2) is 4.98 Å². The van der Waals surface area contributed by atoms with Crippen LogP contribution in [0.15, 0.2) is 91.0 Å². The lowest BCUT2D eigenvalue weighted by Crippen LogP contribution is -2.41. The van der Waals surface area contributed by atoms with Crippen LogP contribution in [0.25, 0.3) is 21.8 Å². The Labute approximate surface area is 237 Å². The van der Waals surface area contributed by atoms with Gasteiger partial charge >= 0.3 is 0 Å². The molecule has 0 aliphatic heterocycles. The van der Waals surface area contributed by atoms with E-state index in [9.17, 15) is 10.2 Å². The average Bonchev–Trinajstić information content (AvgIpc) is 2.99. The molecule has 7 nitrogen and oxygen atoms in total. The van der Waals surface area contributed by atoms with Crippen molar-refractivity contribution in [3.05, 3.63) is 102 Å². The Bertz CT molecular complexity index is 1560. The maximum atomic E-state index is 10.3. The van der Waals surface area contributed by atoms with E-state index in [-0.39, 0.29) is 19.3 Å². The highest BCUT2D eigenvalue weighted by Crippen LogP contribution is 2.38. The average molecular weight is 559 g/mol. The minimum absolute atomic E-state index is 0.0656. The highest BCUT2D eigenvalue weighted by molar-refractivity contribution is 6.31. The van der Waals surface area contributed by atoms with Crippen LogP contribution in [-0.2, 0) is 6.42 Å². The number of nitrogens with zero attached hydrogens (tertiary/aromatic N) is 1. The van der Waals surface area contributed by atoms with Crippen molar-refractivity contribution in [2.75, 3.05) is 26.9 Å². The van der Waals surface area contributed by atoms with Gasteiger partial charge < -0.3 is 29.7 Å². The molecule has 0 amide bonds. The third-order valence-electron chi connectivity index (χ3n) is 6.57. The minimum Gasteiger partial charge on any atom is -0.497 e. The summed E-state index contributed by atoms with van der Waals surface area (Å²) in [6.07, 6.45) is -0.122. The van der Waals surface area contributed by atoms with Crippen molar-refractivity contribution < 1.29 is 24.4 Å². The number of ether oxygens (including phenoxy) is 3. The number of aromatic nitrogens is 1. The maximum absolute atomic E-state index is 10.3. The molecule has 0 saturated heterocycles. The van der Waals surface area contributed by atoms with Crippen molar-refractivity contribution in [3.63, 3.8) is 0 Å². The van der Waals surface area contributed by atoms with E-state index in [1.165, 1.54) is 0 Å². The zero-order valence-electron chi connectivity index (χ0n) is 22.1. The van der Waals surface area contributed by atoms with Crippen LogP contribution < -0.4 is 19.5 Å². The number of benzene rings is 4. The molecule has 0 aliphatic rings. The van der Waals surface area contributed by atoms with Gasteiger partial charge in [-0.3, -0.25) is 0 Å². The predicted octanol–water partition coefficient (Wildman–Crippen LogP) is 5.78. The first kappa shape index (κ1) is 27.7. The number of pyridine rings is 1. The molecular formula is C32H31ClN2O5. The van der Waals surface area contributed by atoms with Gasteiger partial charge in [-0.15, -0.1) is 0 Å². The van der Waals surface area contributed by atoms with Gasteiger partial charge in [0.25, 0.3) is 0 Å². The van der Waals surface area contributed by atoms with Crippen LogP contribution in [0.3, 0.4) is 0 Å². The molecule has 3 N–H and O–H groups in total. The number of aliphatic hydroxyl groups is 2. The van der Waals surface area contributed by atoms with E-state index in [1.807, 2.05) is 91.0 Å². The van der Waals surface area contributed by atoms with Gasteiger partial charge in [0.2, 0.25) is 0 Å². The Morgan fingerprint density at radius 1 is 0.850 bits per heavy atom. The second-order valence-corrected chi connectivity index (χ2v) is 9.94. The molecule has 0 radical (unpaired) electrons. The highest BCUT2D eigenvalue weighted by atomic mass is 35.5. The summed E-state index contributed by atoms with van der Waals surface area (Å²) in [5.74, 6) is 2.75. The molecule has 0 saturated carbocycles. The Hall–Kier alpha value is -3.88. The summed E-state index contributed by atoms with van der Waals surface area (Å²) in [6.45, 7) is 0.399. The number of halogens is 1. The first-order chi connectivity index (χ1) is 19.5. The number of methoxy groups -OCH3 is 1. The lowest BCUT2D eigenvalue weighted by Gasteiger charge is -2.19. The first-order valence-electron chi connectivity index (χ1n) is 13.1. The number of aliphatic hydroxyl groups excluding tert-OH is 2. The Kier molecular flexibility index (Phi) is 8.98. The van der Waals surface area contributed by atoms with Crippen LogP contribution in [0.2, 0.25) is 5.02 Å². The number of hydrogen-bond donors (Lipinski definition) is 3. The van der Waals surface area contributed by atoms with E-state index in [0.717, 1.165) is 27.4 Å². The number of para-hydroxylation sites is 1. The molecule has 206 valence electrons. The summed E-state index contributed by atoms with van der Waals surface area (Å²) in [7, 11) is 1.63. The standard InChI is InChI=1S/C32H31ClN2O5/c1-38-27-12-14-30-29(17-27)32(28-13-9-22(33)16-31(28)35-30)40-26-10-7-21(8-11-26)15-23(19-36)34-18-24(37)20-39-25-5-3-2-4-6-25/h2-14,16-17,23-24,34,36-37H,15,18-20H2,1H3/t23?,24-/m0/s1. The Balaban J connectivity index is 1.26. The number of fused-ring (bicyclic) bond motifs is 2. The largest absolute Gasteiger partial charge is 0.497 e. The molecule has 5 rings (SSSR count). The van der Waals surface area contributed by atoms with Gasteiger partial charge in [0.1, 0.15) is 35.7 Å². The number of rotatable bonds is 12. The zero-order valence-corrected chi connectivity index (χ0v) is 22.8. The van der Waals surface area contributed by atoms with Gasteiger partial charge in [0, 0.05) is 28.4 Å². The molecule has 0 fully saturated rings. The lowest BCUT2D eigenvalue weighted by atomic mass is 10.1. The van der Waals surface area contributed by atoms with Gasteiger partial charge in [-0.05, 0) is 72.6 Å². The summed E-state index contributed by atoms with van der Waals surface area (Å²) in [5.41, 5.74) is 2.53. The van der Waals surface area contributed by atoms with Gasteiger partial charge in [-0.1, -0.05) is 41.9 Å². The van der Waals surface area contributed by atoms with Crippen LogP contribution >= 0.6 is 11.6 Å². The van der Waals surface area contributed by atoms with Crippen molar-refractivity contribution in [2.45, 2.75) is 18.6 Å². The van der Waals surface area contributed by atoms with Crippen molar-refractivity contribution in [1.29, 1.82) is 0 Å². The molecule has 0 aliphatic carbocycles. The third-order valence-corrected chi connectivity index (χ3v) is 6.80. The monoisotopic (exact) mass is 558 g/mol. The lowest BCUT2D eigenvalue weighted by molar-refractivity contribution is 0.0997. The second kappa shape index (κ2) is 13.0. The molecule has 40 heavy (non-hydrogen) atoms. The normalized spacial score (nSPS) is 12.8. The fraction of sp³-hybridized carbons (Fsp3) is 0.219. The quantitative estimate of drug-likeness (QED) is 0.167. The Morgan fingerprint density at radius 3 is 2.38 bits per heavy atom. The van der Waals surface area contributed by atoms with Crippen LogP contribution in [0.1, 0.15) is 5.56 Å². The molecule has 1 unspecified atom stereocenters. The second-order valence-electron chi connectivity index (χ2n) is 9.50.